The summed E-state index contributed by atoms with van der Waals surface area (Å²) in [5, 5.41) is 10.8. The van der Waals surface area contributed by atoms with Crippen LogP contribution >= 0.6 is 0 Å². The van der Waals surface area contributed by atoms with Crippen LogP contribution in [0.3, 0.4) is 0 Å². The fraction of sp³-hybridized carbons (Fsp3) is 0.150. The molecule has 2 aromatic carbocycles. The molecular formula is C20H19NO3. The predicted molar refractivity (Wildman–Crippen MR) is 96.5 cm³/mol. The fourth-order valence-corrected chi connectivity index (χ4v) is 2.57. The third kappa shape index (κ3) is 3.18. The Hall–Kier alpha value is -3.01. The van der Waals surface area contributed by atoms with Crippen molar-refractivity contribution in [1.82, 2.24) is 4.98 Å². The van der Waals surface area contributed by atoms with Crippen LogP contribution in [0.25, 0.3) is 23.1 Å². The number of phenols is 1. The van der Waals surface area contributed by atoms with E-state index in [0.29, 0.717) is 23.6 Å². The van der Waals surface area contributed by atoms with Gasteiger partial charge in [0.1, 0.15) is 11.3 Å². The normalized spacial score (nSPS) is 11.1. The van der Waals surface area contributed by atoms with Gasteiger partial charge in [-0.15, -0.1) is 0 Å². The van der Waals surface area contributed by atoms with Crippen molar-refractivity contribution >= 4 is 23.1 Å². The van der Waals surface area contributed by atoms with Crippen molar-refractivity contribution in [3.05, 3.63) is 59.8 Å². The Morgan fingerprint density at radius 3 is 2.67 bits per heavy atom. The third-order valence-electron chi connectivity index (χ3n) is 3.67. The highest BCUT2D eigenvalue weighted by Gasteiger charge is 2.07. The number of hydrogen-bond donors (Lipinski definition) is 1. The lowest BCUT2D eigenvalue weighted by atomic mass is 10.1. The maximum atomic E-state index is 9.94. The first-order chi connectivity index (χ1) is 11.7. The van der Waals surface area contributed by atoms with Gasteiger partial charge in [-0.05, 0) is 37.3 Å². The van der Waals surface area contributed by atoms with Crippen LogP contribution in [0.2, 0.25) is 0 Å². The predicted octanol–water partition coefficient (Wildman–Crippen LogP) is 4.52. The van der Waals surface area contributed by atoms with Gasteiger partial charge < -0.3 is 14.6 Å². The van der Waals surface area contributed by atoms with Gasteiger partial charge in [-0.1, -0.05) is 30.3 Å². The molecule has 0 radical (unpaired) electrons. The molecule has 0 spiro atoms. The van der Waals surface area contributed by atoms with E-state index in [9.17, 15) is 5.11 Å². The van der Waals surface area contributed by atoms with Crippen molar-refractivity contribution in [3.63, 3.8) is 0 Å². The standard InChI is InChI=1S/C20H19NO3/c1-3-24-18-9-5-7-15(20(18)23-2)11-13-16-12-10-14-6-4-8-17(22)19(14)21-16/h4-13,22H,3H2,1-2H3/b13-11+. The maximum absolute atomic E-state index is 9.94. The van der Waals surface area contributed by atoms with E-state index >= 15 is 0 Å². The van der Waals surface area contributed by atoms with Crippen molar-refractivity contribution in [2.45, 2.75) is 6.92 Å². The number of benzene rings is 2. The van der Waals surface area contributed by atoms with Gasteiger partial charge in [0.05, 0.1) is 19.4 Å². The summed E-state index contributed by atoms with van der Waals surface area (Å²) in [7, 11) is 1.63. The molecule has 0 amide bonds. The summed E-state index contributed by atoms with van der Waals surface area (Å²) in [6.45, 7) is 2.52. The van der Waals surface area contributed by atoms with Crippen LogP contribution in [0.1, 0.15) is 18.2 Å². The highest BCUT2D eigenvalue weighted by atomic mass is 16.5. The lowest BCUT2D eigenvalue weighted by molar-refractivity contribution is 0.310. The van der Waals surface area contributed by atoms with Gasteiger partial charge in [0.15, 0.2) is 11.5 Å². The Morgan fingerprint density at radius 1 is 1.04 bits per heavy atom. The largest absolute Gasteiger partial charge is 0.506 e. The van der Waals surface area contributed by atoms with Gasteiger partial charge in [-0.2, -0.15) is 0 Å². The van der Waals surface area contributed by atoms with Crippen LogP contribution in [-0.4, -0.2) is 23.8 Å². The van der Waals surface area contributed by atoms with Crippen LogP contribution in [0.5, 0.6) is 17.2 Å². The Morgan fingerprint density at radius 2 is 1.88 bits per heavy atom. The van der Waals surface area contributed by atoms with Crippen molar-refractivity contribution in [2.75, 3.05) is 13.7 Å². The SMILES string of the molecule is CCOc1cccc(/C=C/c2ccc3cccc(O)c3n2)c1OC. The molecule has 0 aliphatic rings. The monoisotopic (exact) mass is 321 g/mol. The number of fused-ring (bicyclic) bond motifs is 1. The molecule has 3 aromatic rings. The number of pyridine rings is 1. The quantitative estimate of drug-likeness (QED) is 0.751. The lowest BCUT2D eigenvalue weighted by Crippen LogP contribution is -1.96. The van der Waals surface area contributed by atoms with Gasteiger partial charge in [-0.3, -0.25) is 0 Å². The zero-order chi connectivity index (χ0) is 16.9. The van der Waals surface area contributed by atoms with E-state index in [1.54, 1.807) is 19.2 Å². The van der Waals surface area contributed by atoms with Gasteiger partial charge in [0.2, 0.25) is 0 Å². The Balaban J connectivity index is 1.96. The topological polar surface area (TPSA) is 51.6 Å². The lowest BCUT2D eigenvalue weighted by Gasteiger charge is -2.11. The number of aromatic hydroxyl groups is 1. The fourth-order valence-electron chi connectivity index (χ4n) is 2.57. The van der Waals surface area contributed by atoms with Crippen LogP contribution in [-0.2, 0) is 0 Å². The molecule has 1 aromatic heterocycles. The van der Waals surface area contributed by atoms with Gasteiger partial charge >= 0.3 is 0 Å². The van der Waals surface area contributed by atoms with Crippen LogP contribution in [0.4, 0.5) is 0 Å². The van der Waals surface area contributed by atoms with Gasteiger partial charge in [-0.25, -0.2) is 4.98 Å². The van der Waals surface area contributed by atoms with Gasteiger partial charge in [0, 0.05) is 10.9 Å². The number of nitrogens with zero attached hydrogens (tertiary/aromatic N) is 1. The number of para-hydroxylation sites is 2. The summed E-state index contributed by atoms with van der Waals surface area (Å²) >= 11 is 0. The molecule has 4 nitrogen and oxygen atoms in total. The summed E-state index contributed by atoms with van der Waals surface area (Å²) in [6.07, 6.45) is 3.81. The van der Waals surface area contributed by atoms with E-state index in [-0.39, 0.29) is 5.75 Å². The average Bonchev–Trinajstić information content (AvgIpc) is 2.61. The van der Waals surface area contributed by atoms with Crippen LogP contribution < -0.4 is 9.47 Å². The second-order valence-electron chi connectivity index (χ2n) is 5.23. The zero-order valence-electron chi connectivity index (χ0n) is 13.7. The minimum Gasteiger partial charge on any atom is -0.506 e. The number of phenolic OH excluding ortho intramolecular Hbond substituents is 1. The first-order valence-corrected chi connectivity index (χ1v) is 7.79. The molecular weight excluding hydrogens is 302 g/mol. The minimum atomic E-state index is 0.179. The number of hydrogen-bond acceptors (Lipinski definition) is 4. The number of rotatable bonds is 5. The third-order valence-corrected chi connectivity index (χ3v) is 3.67. The van der Waals surface area contributed by atoms with E-state index < -0.39 is 0 Å². The Kier molecular flexibility index (Phi) is 4.66. The summed E-state index contributed by atoms with van der Waals surface area (Å²) in [5.41, 5.74) is 2.25. The smallest absolute Gasteiger partial charge is 0.167 e. The molecule has 3 rings (SSSR count). The van der Waals surface area contributed by atoms with Crippen molar-refractivity contribution < 1.29 is 14.6 Å². The highest BCUT2D eigenvalue weighted by molar-refractivity contribution is 5.86. The summed E-state index contributed by atoms with van der Waals surface area (Å²) in [4.78, 5) is 4.50. The van der Waals surface area contributed by atoms with Crippen LogP contribution in [0, 0.1) is 0 Å². The molecule has 24 heavy (non-hydrogen) atoms. The average molecular weight is 321 g/mol. The molecule has 0 bridgehead atoms. The Bertz CT molecular complexity index is 887. The summed E-state index contributed by atoms with van der Waals surface area (Å²) in [5.74, 6) is 1.59. The highest BCUT2D eigenvalue weighted by Crippen LogP contribution is 2.32. The van der Waals surface area contributed by atoms with E-state index in [1.807, 2.05) is 55.5 Å². The number of ether oxygens (including phenoxy) is 2. The van der Waals surface area contributed by atoms with Crippen molar-refractivity contribution in [2.24, 2.45) is 0 Å². The summed E-state index contributed by atoms with van der Waals surface area (Å²) in [6, 6.07) is 15.0. The summed E-state index contributed by atoms with van der Waals surface area (Å²) < 4.78 is 11.1. The van der Waals surface area contributed by atoms with Gasteiger partial charge in [0.25, 0.3) is 0 Å². The Labute approximate surface area is 141 Å². The van der Waals surface area contributed by atoms with E-state index in [4.69, 9.17) is 9.47 Å². The van der Waals surface area contributed by atoms with Crippen molar-refractivity contribution in [1.29, 1.82) is 0 Å². The first-order valence-electron chi connectivity index (χ1n) is 7.79. The molecule has 1 heterocycles. The molecule has 122 valence electrons. The molecule has 0 saturated heterocycles. The first kappa shape index (κ1) is 15.9. The molecule has 4 heteroatoms. The van der Waals surface area contributed by atoms with E-state index in [0.717, 1.165) is 16.6 Å². The molecule has 0 saturated carbocycles. The van der Waals surface area contributed by atoms with E-state index in [1.165, 1.54) is 0 Å². The number of aromatic nitrogens is 1. The molecule has 0 fully saturated rings. The van der Waals surface area contributed by atoms with Crippen molar-refractivity contribution in [3.8, 4) is 17.2 Å². The van der Waals surface area contributed by atoms with Crippen LogP contribution in [0.15, 0.2) is 48.5 Å². The second kappa shape index (κ2) is 7.04. The second-order valence-corrected chi connectivity index (χ2v) is 5.23. The van der Waals surface area contributed by atoms with E-state index in [2.05, 4.69) is 4.98 Å². The molecule has 0 aliphatic heterocycles. The number of methoxy groups -OCH3 is 1. The molecule has 0 unspecified atom stereocenters. The molecule has 1 N–H and O–H groups in total. The molecule has 0 atom stereocenters. The molecule has 0 aliphatic carbocycles. The zero-order valence-corrected chi connectivity index (χ0v) is 13.7. The maximum Gasteiger partial charge on any atom is 0.167 e. The minimum absolute atomic E-state index is 0.179.